The lowest BCUT2D eigenvalue weighted by Crippen LogP contribution is -2.39. The molecule has 0 radical (unpaired) electrons. The van der Waals surface area contributed by atoms with Gasteiger partial charge in [0.15, 0.2) is 0 Å². The van der Waals surface area contributed by atoms with E-state index < -0.39 is 5.60 Å². The van der Waals surface area contributed by atoms with Crippen LogP contribution in [0.2, 0.25) is 0 Å². The topological polar surface area (TPSA) is 52.5 Å². The molecule has 3 heteroatoms. The number of anilines is 1. The molecule has 0 aliphatic heterocycles. The summed E-state index contributed by atoms with van der Waals surface area (Å²) in [6.45, 7) is 5.42. The molecule has 0 saturated carbocycles. The van der Waals surface area contributed by atoms with Crippen LogP contribution in [0.3, 0.4) is 0 Å². The summed E-state index contributed by atoms with van der Waals surface area (Å²) in [5.41, 5.74) is 0.922. The Hall–Kier alpha value is -1.06. The largest absolute Gasteiger partial charge is 0.392 e. The van der Waals surface area contributed by atoms with E-state index in [1.54, 1.807) is 13.8 Å². The zero-order chi connectivity index (χ0) is 11.5. The van der Waals surface area contributed by atoms with Crippen molar-refractivity contribution in [2.45, 2.75) is 39.0 Å². The zero-order valence-corrected chi connectivity index (χ0v) is 9.49. The van der Waals surface area contributed by atoms with Crippen molar-refractivity contribution >= 4 is 5.69 Å². The van der Waals surface area contributed by atoms with E-state index in [-0.39, 0.29) is 12.6 Å². The second kappa shape index (κ2) is 4.64. The van der Waals surface area contributed by atoms with Crippen LogP contribution in [0.1, 0.15) is 26.3 Å². The van der Waals surface area contributed by atoms with Crippen LogP contribution < -0.4 is 5.32 Å². The van der Waals surface area contributed by atoms with Crippen molar-refractivity contribution < 1.29 is 10.2 Å². The number of nitrogens with one attached hydrogen (secondary N) is 1. The molecule has 1 aromatic rings. The van der Waals surface area contributed by atoms with E-state index in [4.69, 9.17) is 5.11 Å². The fourth-order valence-corrected chi connectivity index (χ4v) is 1.21. The summed E-state index contributed by atoms with van der Waals surface area (Å²) in [6, 6.07) is 7.46. The van der Waals surface area contributed by atoms with Crippen molar-refractivity contribution in [1.82, 2.24) is 0 Å². The van der Waals surface area contributed by atoms with Gasteiger partial charge in [-0.05, 0) is 26.8 Å². The lowest BCUT2D eigenvalue weighted by atomic mass is 10.00. The first-order valence-corrected chi connectivity index (χ1v) is 5.13. The summed E-state index contributed by atoms with van der Waals surface area (Å²) < 4.78 is 0. The summed E-state index contributed by atoms with van der Waals surface area (Å²) >= 11 is 0. The smallest absolute Gasteiger partial charge is 0.0789 e. The first-order chi connectivity index (χ1) is 6.95. The van der Waals surface area contributed by atoms with Gasteiger partial charge < -0.3 is 15.5 Å². The Morgan fingerprint density at radius 1 is 1.33 bits per heavy atom. The molecule has 1 atom stereocenters. The highest BCUT2D eigenvalue weighted by Crippen LogP contribution is 2.19. The first-order valence-electron chi connectivity index (χ1n) is 5.13. The molecule has 0 aromatic heterocycles. The van der Waals surface area contributed by atoms with E-state index in [0.29, 0.717) is 0 Å². The number of rotatable bonds is 4. The number of para-hydroxylation sites is 1. The van der Waals surface area contributed by atoms with E-state index in [2.05, 4.69) is 5.32 Å². The average molecular weight is 209 g/mol. The Morgan fingerprint density at radius 2 is 1.93 bits per heavy atom. The minimum atomic E-state index is -0.789. The van der Waals surface area contributed by atoms with Crippen LogP contribution in [0.15, 0.2) is 24.3 Å². The van der Waals surface area contributed by atoms with Crippen LogP contribution in [0.5, 0.6) is 0 Å². The van der Waals surface area contributed by atoms with Crippen molar-refractivity contribution in [2.24, 2.45) is 0 Å². The fraction of sp³-hybridized carbons (Fsp3) is 0.500. The number of hydrogen-bond donors (Lipinski definition) is 3. The maximum Gasteiger partial charge on any atom is 0.0789 e. The van der Waals surface area contributed by atoms with Gasteiger partial charge in [-0.1, -0.05) is 18.2 Å². The normalized spacial score (nSPS) is 13.7. The zero-order valence-electron chi connectivity index (χ0n) is 9.49. The van der Waals surface area contributed by atoms with Gasteiger partial charge in [-0.3, -0.25) is 0 Å². The molecule has 0 saturated heterocycles. The Balaban J connectivity index is 2.80. The molecule has 0 spiro atoms. The van der Waals surface area contributed by atoms with Crippen molar-refractivity contribution in [3.63, 3.8) is 0 Å². The maximum absolute atomic E-state index is 9.79. The predicted molar refractivity (Wildman–Crippen MR) is 61.7 cm³/mol. The van der Waals surface area contributed by atoms with Crippen LogP contribution in [0, 0.1) is 0 Å². The maximum atomic E-state index is 9.79. The van der Waals surface area contributed by atoms with Crippen LogP contribution in [0.4, 0.5) is 5.69 Å². The van der Waals surface area contributed by atoms with E-state index in [9.17, 15) is 5.11 Å². The summed E-state index contributed by atoms with van der Waals surface area (Å²) in [7, 11) is 0. The minimum absolute atomic E-state index is 0.00174. The molecule has 0 fully saturated rings. The molecule has 15 heavy (non-hydrogen) atoms. The van der Waals surface area contributed by atoms with Crippen LogP contribution >= 0.6 is 0 Å². The van der Waals surface area contributed by atoms with E-state index >= 15 is 0 Å². The standard InChI is InChI=1S/C12H19NO2/c1-9(12(2,3)15)13-11-7-5-4-6-10(11)8-14/h4-7,9,13-15H,8H2,1-3H3. The summed E-state index contributed by atoms with van der Waals surface area (Å²) in [4.78, 5) is 0. The van der Waals surface area contributed by atoms with Crippen LogP contribution in [-0.4, -0.2) is 21.9 Å². The van der Waals surface area contributed by atoms with Crippen molar-refractivity contribution in [2.75, 3.05) is 5.32 Å². The number of aliphatic hydroxyl groups is 2. The summed E-state index contributed by atoms with van der Waals surface area (Å²) in [5.74, 6) is 0. The van der Waals surface area contributed by atoms with Gasteiger partial charge in [0, 0.05) is 11.3 Å². The van der Waals surface area contributed by atoms with Crippen LogP contribution in [-0.2, 0) is 6.61 Å². The quantitative estimate of drug-likeness (QED) is 0.708. The third-order valence-electron chi connectivity index (χ3n) is 2.62. The highest BCUT2D eigenvalue weighted by molar-refractivity contribution is 5.51. The molecule has 0 bridgehead atoms. The first kappa shape index (κ1) is 12.0. The molecule has 0 amide bonds. The van der Waals surface area contributed by atoms with E-state index in [1.165, 1.54) is 0 Å². The molecule has 3 nitrogen and oxygen atoms in total. The molecule has 0 heterocycles. The average Bonchev–Trinajstić information content (AvgIpc) is 2.17. The SMILES string of the molecule is CC(Nc1ccccc1CO)C(C)(C)O. The van der Waals surface area contributed by atoms with Gasteiger partial charge in [0.1, 0.15) is 0 Å². The molecule has 1 rings (SSSR count). The van der Waals surface area contributed by atoms with Crippen molar-refractivity contribution in [1.29, 1.82) is 0 Å². The van der Waals surface area contributed by atoms with Gasteiger partial charge in [0.05, 0.1) is 18.2 Å². The van der Waals surface area contributed by atoms with Gasteiger partial charge in [0.2, 0.25) is 0 Å². The summed E-state index contributed by atoms with van der Waals surface area (Å²) in [6.07, 6.45) is 0. The Morgan fingerprint density at radius 3 is 2.47 bits per heavy atom. The summed E-state index contributed by atoms with van der Waals surface area (Å²) in [5, 5.41) is 22.1. The fourth-order valence-electron chi connectivity index (χ4n) is 1.21. The second-order valence-corrected chi connectivity index (χ2v) is 4.33. The molecular weight excluding hydrogens is 190 g/mol. The van der Waals surface area contributed by atoms with Crippen LogP contribution in [0.25, 0.3) is 0 Å². The third kappa shape index (κ3) is 3.22. The van der Waals surface area contributed by atoms with Crippen molar-refractivity contribution in [3.05, 3.63) is 29.8 Å². The van der Waals surface area contributed by atoms with Gasteiger partial charge in [-0.15, -0.1) is 0 Å². The highest BCUT2D eigenvalue weighted by atomic mass is 16.3. The van der Waals surface area contributed by atoms with Gasteiger partial charge in [-0.25, -0.2) is 0 Å². The highest BCUT2D eigenvalue weighted by Gasteiger charge is 2.22. The molecule has 3 N–H and O–H groups in total. The van der Waals surface area contributed by atoms with Gasteiger partial charge >= 0.3 is 0 Å². The lowest BCUT2D eigenvalue weighted by molar-refractivity contribution is 0.0648. The predicted octanol–water partition coefficient (Wildman–Crippen LogP) is 1.75. The molecule has 0 aliphatic carbocycles. The Labute approximate surface area is 90.8 Å². The van der Waals surface area contributed by atoms with Crippen molar-refractivity contribution in [3.8, 4) is 0 Å². The number of benzene rings is 1. The number of aliphatic hydroxyl groups excluding tert-OH is 1. The molecular formula is C12H19NO2. The molecule has 1 aromatic carbocycles. The molecule has 0 aliphatic rings. The third-order valence-corrected chi connectivity index (χ3v) is 2.62. The Bertz CT molecular complexity index is 318. The molecule has 1 unspecified atom stereocenters. The molecule has 84 valence electrons. The van der Waals surface area contributed by atoms with Gasteiger partial charge in [0.25, 0.3) is 0 Å². The minimum Gasteiger partial charge on any atom is -0.392 e. The van der Waals surface area contributed by atoms with E-state index in [0.717, 1.165) is 11.3 Å². The number of hydrogen-bond acceptors (Lipinski definition) is 3. The lowest BCUT2D eigenvalue weighted by Gasteiger charge is -2.28. The Kier molecular flexibility index (Phi) is 3.72. The second-order valence-electron chi connectivity index (χ2n) is 4.33. The van der Waals surface area contributed by atoms with Gasteiger partial charge in [-0.2, -0.15) is 0 Å². The van der Waals surface area contributed by atoms with E-state index in [1.807, 2.05) is 31.2 Å². The monoisotopic (exact) mass is 209 g/mol.